The molecule has 1 atom stereocenters. The fraction of sp³-hybridized carbons (Fsp3) is 0.500. The van der Waals surface area contributed by atoms with Crippen LogP contribution >= 0.6 is 0 Å². The minimum absolute atomic E-state index is 0.356. The monoisotopic (exact) mass is 346 g/mol. The molecule has 1 N–H and O–H groups in total. The molecular weight excluding hydrogens is 320 g/mol. The van der Waals surface area contributed by atoms with Crippen LogP contribution in [0.15, 0.2) is 53.6 Å². The molecule has 2 aliphatic rings. The van der Waals surface area contributed by atoms with Crippen molar-refractivity contribution in [3.05, 3.63) is 59.2 Å². The highest BCUT2D eigenvalue weighted by Crippen LogP contribution is 2.44. The summed E-state index contributed by atoms with van der Waals surface area (Å²) in [5.74, 6) is 0.644. The molecule has 2 aliphatic carbocycles. The van der Waals surface area contributed by atoms with E-state index in [-0.39, 0.29) is 0 Å². The predicted octanol–water partition coefficient (Wildman–Crippen LogP) is 5.02. The van der Waals surface area contributed by atoms with Gasteiger partial charge in [0.2, 0.25) is 0 Å². The highest BCUT2D eigenvalue weighted by Gasteiger charge is 2.44. The van der Waals surface area contributed by atoms with E-state index in [4.69, 9.17) is 0 Å². The Kier molecular flexibility index (Phi) is 4.97. The summed E-state index contributed by atoms with van der Waals surface area (Å²) in [6.07, 6.45) is 11.2. The number of rotatable bonds is 4. The van der Waals surface area contributed by atoms with Crippen LogP contribution in [-0.4, -0.2) is 13.0 Å². The van der Waals surface area contributed by atoms with Gasteiger partial charge in [-0.3, -0.25) is 4.55 Å². The Morgan fingerprint density at radius 2 is 1.79 bits per heavy atom. The predicted molar refractivity (Wildman–Crippen MR) is 97.3 cm³/mol. The highest BCUT2D eigenvalue weighted by molar-refractivity contribution is 7.87. The van der Waals surface area contributed by atoms with Crippen molar-refractivity contribution in [3.63, 3.8) is 0 Å². The summed E-state index contributed by atoms with van der Waals surface area (Å²) in [6, 6.07) is 9.08. The van der Waals surface area contributed by atoms with Crippen LogP contribution in [0.25, 0.3) is 0 Å². The molecule has 0 amide bonds. The van der Waals surface area contributed by atoms with Gasteiger partial charge < -0.3 is 0 Å². The van der Waals surface area contributed by atoms with E-state index in [0.717, 1.165) is 12.0 Å². The van der Waals surface area contributed by atoms with Crippen LogP contribution in [-0.2, 0) is 14.9 Å². The molecule has 1 saturated carbocycles. The van der Waals surface area contributed by atoms with Crippen LogP contribution in [0, 0.1) is 5.92 Å². The Labute approximate surface area is 145 Å². The first-order chi connectivity index (χ1) is 11.4. The zero-order valence-electron chi connectivity index (χ0n) is 14.2. The third-order valence-electron chi connectivity index (χ3n) is 5.62. The fourth-order valence-electron chi connectivity index (χ4n) is 4.11. The fourth-order valence-corrected chi connectivity index (χ4v) is 5.14. The van der Waals surface area contributed by atoms with Crippen LogP contribution in [0.4, 0.5) is 0 Å². The van der Waals surface area contributed by atoms with E-state index in [1.165, 1.54) is 37.7 Å². The van der Waals surface area contributed by atoms with E-state index >= 15 is 0 Å². The van der Waals surface area contributed by atoms with Gasteiger partial charge in [-0.1, -0.05) is 85.7 Å². The van der Waals surface area contributed by atoms with E-state index in [1.54, 1.807) is 18.2 Å². The van der Waals surface area contributed by atoms with E-state index in [0.29, 0.717) is 17.9 Å². The summed E-state index contributed by atoms with van der Waals surface area (Å²) in [5, 5.41) is 0. The van der Waals surface area contributed by atoms with Crippen LogP contribution in [0.1, 0.15) is 57.4 Å². The summed E-state index contributed by atoms with van der Waals surface area (Å²) in [7, 11) is -4.26. The third kappa shape index (κ3) is 3.35. The quantitative estimate of drug-likeness (QED) is 0.779. The zero-order valence-corrected chi connectivity index (χ0v) is 15.1. The lowest BCUT2D eigenvalue weighted by atomic mass is 9.78. The third-order valence-corrected chi connectivity index (χ3v) is 7.06. The molecule has 130 valence electrons. The summed E-state index contributed by atoms with van der Waals surface area (Å²) in [6.45, 7) is 2.05. The molecule has 1 aromatic carbocycles. The number of benzene rings is 1. The summed E-state index contributed by atoms with van der Waals surface area (Å²) < 4.78 is 33.4. The molecule has 0 radical (unpaired) electrons. The van der Waals surface area contributed by atoms with E-state index in [2.05, 4.69) is 0 Å². The van der Waals surface area contributed by atoms with Gasteiger partial charge >= 0.3 is 0 Å². The van der Waals surface area contributed by atoms with Crippen molar-refractivity contribution in [2.75, 3.05) is 0 Å². The van der Waals surface area contributed by atoms with Crippen molar-refractivity contribution in [2.24, 2.45) is 5.92 Å². The Morgan fingerprint density at radius 1 is 1.12 bits per heavy atom. The smallest absolute Gasteiger partial charge is 0.278 e. The van der Waals surface area contributed by atoms with Crippen molar-refractivity contribution < 1.29 is 13.0 Å². The van der Waals surface area contributed by atoms with Gasteiger partial charge in [-0.2, -0.15) is 8.42 Å². The van der Waals surface area contributed by atoms with Crippen LogP contribution in [0.3, 0.4) is 0 Å². The molecule has 0 aromatic heterocycles. The second kappa shape index (κ2) is 6.85. The number of allylic oxidation sites excluding steroid dienone is 3. The van der Waals surface area contributed by atoms with Crippen LogP contribution < -0.4 is 0 Å². The summed E-state index contributed by atoms with van der Waals surface area (Å²) in [4.78, 5) is 0. The first-order valence-corrected chi connectivity index (χ1v) is 10.3. The Balaban J connectivity index is 1.94. The molecule has 0 saturated heterocycles. The molecule has 1 unspecified atom stereocenters. The number of hydrogen-bond acceptors (Lipinski definition) is 2. The molecule has 3 rings (SSSR count). The Bertz CT molecular complexity index is 740. The minimum atomic E-state index is -4.26. The normalized spacial score (nSPS) is 25.9. The van der Waals surface area contributed by atoms with Gasteiger partial charge in [0.25, 0.3) is 10.1 Å². The van der Waals surface area contributed by atoms with Gasteiger partial charge in [0.05, 0.1) is 0 Å². The number of hydrogen-bond donors (Lipinski definition) is 1. The average molecular weight is 346 g/mol. The summed E-state index contributed by atoms with van der Waals surface area (Å²) >= 11 is 0. The molecule has 0 aliphatic heterocycles. The largest absolute Gasteiger partial charge is 0.285 e. The van der Waals surface area contributed by atoms with Crippen LogP contribution in [0.2, 0.25) is 0 Å². The Hall–Kier alpha value is -1.39. The average Bonchev–Trinajstić information content (AvgIpc) is 2.58. The van der Waals surface area contributed by atoms with Crippen molar-refractivity contribution in [1.29, 1.82) is 0 Å². The van der Waals surface area contributed by atoms with Crippen molar-refractivity contribution in [2.45, 2.75) is 56.6 Å². The molecule has 1 fully saturated rings. The Morgan fingerprint density at radius 3 is 2.42 bits per heavy atom. The van der Waals surface area contributed by atoms with Crippen molar-refractivity contribution in [3.8, 4) is 0 Å². The second-order valence-corrected chi connectivity index (χ2v) is 8.91. The maximum atomic E-state index is 12.3. The lowest BCUT2D eigenvalue weighted by molar-refractivity contribution is 0.349. The second-order valence-electron chi connectivity index (χ2n) is 7.24. The zero-order chi connectivity index (χ0) is 17.2. The molecule has 4 heteroatoms. The van der Waals surface area contributed by atoms with E-state index in [1.807, 2.05) is 31.2 Å². The SMILES string of the molecule is CC1=C(CC2CCCCC2)CC(c2ccccc2)(S(=O)(=O)O)C=C1. The van der Waals surface area contributed by atoms with E-state index < -0.39 is 14.9 Å². The van der Waals surface area contributed by atoms with Gasteiger partial charge in [-0.15, -0.1) is 0 Å². The maximum Gasteiger partial charge on any atom is 0.278 e. The van der Waals surface area contributed by atoms with Gasteiger partial charge in [0.1, 0.15) is 4.75 Å². The van der Waals surface area contributed by atoms with E-state index in [9.17, 15) is 13.0 Å². The van der Waals surface area contributed by atoms with Crippen LogP contribution in [0.5, 0.6) is 0 Å². The lowest BCUT2D eigenvalue weighted by Gasteiger charge is -2.34. The molecule has 0 heterocycles. The molecule has 3 nitrogen and oxygen atoms in total. The molecule has 0 spiro atoms. The molecule has 0 bridgehead atoms. The van der Waals surface area contributed by atoms with Crippen molar-refractivity contribution >= 4 is 10.1 Å². The minimum Gasteiger partial charge on any atom is -0.285 e. The molecule has 24 heavy (non-hydrogen) atoms. The standard InChI is InChI=1S/C20H26O3S/c1-16-12-13-20(24(21,22)23,19-10-6-3-7-11-19)15-18(16)14-17-8-4-2-5-9-17/h3,6-7,10-13,17H,2,4-5,8-9,14-15H2,1H3,(H,21,22,23). The maximum absolute atomic E-state index is 12.3. The first-order valence-electron chi connectivity index (χ1n) is 8.83. The van der Waals surface area contributed by atoms with Gasteiger partial charge in [0.15, 0.2) is 0 Å². The van der Waals surface area contributed by atoms with Gasteiger partial charge in [-0.05, 0) is 31.2 Å². The highest BCUT2D eigenvalue weighted by atomic mass is 32.2. The van der Waals surface area contributed by atoms with Gasteiger partial charge in [0, 0.05) is 0 Å². The topological polar surface area (TPSA) is 54.4 Å². The molecular formula is C20H26O3S. The molecule has 1 aromatic rings. The summed E-state index contributed by atoms with van der Waals surface area (Å²) in [5.41, 5.74) is 2.96. The van der Waals surface area contributed by atoms with Crippen molar-refractivity contribution in [1.82, 2.24) is 0 Å². The van der Waals surface area contributed by atoms with Gasteiger partial charge in [-0.25, -0.2) is 0 Å². The lowest BCUT2D eigenvalue weighted by Crippen LogP contribution is -2.36. The first kappa shape index (κ1) is 17.4.